The quantitative estimate of drug-likeness (QED) is 0.799. The number of carbonyl (C=O) groups is 1. The lowest BCUT2D eigenvalue weighted by molar-refractivity contribution is -0.122. The van der Waals surface area contributed by atoms with Crippen LogP contribution in [0.15, 0.2) is 46.9 Å². The molecule has 0 N–H and O–H groups in total. The molecule has 0 heterocycles. The summed E-state index contributed by atoms with van der Waals surface area (Å²) in [6.07, 6.45) is 3.10. The van der Waals surface area contributed by atoms with Crippen LogP contribution in [0.4, 0.5) is 4.39 Å². The van der Waals surface area contributed by atoms with Crippen LogP contribution in [0.5, 0.6) is 0 Å². The maximum atomic E-state index is 13.2. The van der Waals surface area contributed by atoms with E-state index in [4.69, 9.17) is 0 Å². The van der Waals surface area contributed by atoms with Crippen molar-refractivity contribution in [1.82, 2.24) is 0 Å². The average molecular weight is 347 g/mol. The van der Waals surface area contributed by atoms with Gasteiger partial charge in [-0.3, -0.25) is 4.79 Å². The van der Waals surface area contributed by atoms with E-state index < -0.39 is 0 Å². The molecule has 0 amide bonds. The van der Waals surface area contributed by atoms with Crippen LogP contribution >= 0.6 is 15.9 Å². The number of carbonyl (C=O) groups excluding carboxylic acids is 1. The van der Waals surface area contributed by atoms with Crippen LogP contribution in [0.2, 0.25) is 0 Å². The Hall–Kier alpha value is -1.48. The smallest absolute Gasteiger partial charge is 0.140 e. The second kappa shape index (κ2) is 6.10. The van der Waals surface area contributed by atoms with Crippen molar-refractivity contribution in [2.75, 3.05) is 0 Å². The second-order valence-electron chi connectivity index (χ2n) is 5.60. The molecule has 3 heteroatoms. The zero-order valence-corrected chi connectivity index (χ0v) is 13.2. The molecule has 1 aliphatic rings. The van der Waals surface area contributed by atoms with Crippen molar-refractivity contribution >= 4 is 21.7 Å². The van der Waals surface area contributed by atoms with Gasteiger partial charge in [-0.05, 0) is 64.0 Å². The average Bonchev–Trinajstić information content (AvgIpc) is 2.50. The predicted molar refractivity (Wildman–Crippen MR) is 84.8 cm³/mol. The van der Waals surface area contributed by atoms with E-state index in [1.54, 1.807) is 12.1 Å². The molecule has 0 spiro atoms. The van der Waals surface area contributed by atoms with Crippen molar-refractivity contribution in [2.24, 2.45) is 5.92 Å². The zero-order valence-electron chi connectivity index (χ0n) is 11.6. The monoisotopic (exact) mass is 346 g/mol. The van der Waals surface area contributed by atoms with E-state index in [1.165, 1.54) is 17.2 Å². The van der Waals surface area contributed by atoms with Crippen molar-refractivity contribution < 1.29 is 9.18 Å². The third-order valence-electron chi connectivity index (χ3n) is 4.16. The van der Waals surface area contributed by atoms with Gasteiger partial charge in [0.05, 0.1) is 4.47 Å². The summed E-state index contributed by atoms with van der Waals surface area (Å²) in [6, 6.07) is 13.1. The van der Waals surface area contributed by atoms with Gasteiger partial charge in [-0.2, -0.15) is 0 Å². The van der Waals surface area contributed by atoms with Crippen molar-refractivity contribution in [3.63, 3.8) is 0 Å². The molecule has 1 atom stereocenters. The number of Topliss-reactive ketones (excluding diaryl/α,β-unsaturated/α-hetero) is 1. The largest absolute Gasteiger partial charge is 0.299 e. The fraction of sp³-hybridized carbons (Fsp3) is 0.278. The Balaban J connectivity index is 1.70. The normalized spacial score (nSPS) is 17.3. The molecule has 1 nitrogen and oxygen atoms in total. The molecule has 2 aromatic carbocycles. The SMILES string of the molecule is O=C(Cc1ccc(F)c(Br)c1)C1CCc2ccccc2C1. The summed E-state index contributed by atoms with van der Waals surface area (Å²) in [6.45, 7) is 0. The number of benzene rings is 2. The number of aryl methyl sites for hydroxylation is 1. The van der Waals surface area contributed by atoms with Crippen molar-refractivity contribution in [1.29, 1.82) is 0 Å². The fourth-order valence-electron chi connectivity index (χ4n) is 2.97. The Labute approximate surface area is 132 Å². The minimum atomic E-state index is -0.294. The molecular formula is C18H16BrFO. The Morgan fingerprint density at radius 2 is 1.95 bits per heavy atom. The van der Waals surface area contributed by atoms with Crippen LogP contribution in [0.3, 0.4) is 0 Å². The highest BCUT2D eigenvalue weighted by Gasteiger charge is 2.24. The van der Waals surface area contributed by atoms with E-state index in [0.717, 1.165) is 24.8 Å². The van der Waals surface area contributed by atoms with Crippen LogP contribution in [0, 0.1) is 11.7 Å². The summed E-state index contributed by atoms with van der Waals surface area (Å²) in [7, 11) is 0. The van der Waals surface area contributed by atoms with Crippen LogP contribution in [-0.4, -0.2) is 5.78 Å². The minimum absolute atomic E-state index is 0.0868. The summed E-state index contributed by atoms with van der Waals surface area (Å²) in [4.78, 5) is 12.5. The van der Waals surface area contributed by atoms with E-state index in [9.17, 15) is 9.18 Å². The lowest BCUT2D eigenvalue weighted by Crippen LogP contribution is -2.24. The van der Waals surface area contributed by atoms with Gasteiger partial charge in [-0.15, -0.1) is 0 Å². The number of ketones is 1. The first-order valence-electron chi connectivity index (χ1n) is 7.17. The summed E-state index contributed by atoms with van der Waals surface area (Å²) in [5.41, 5.74) is 3.53. The molecule has 1 unspecified atom stereocenters. The molecule has 108 valence electrons. The maximum absolute atomic E-state index is 13.2. The van der Waals surface area contributed by atoms with E-state index in [0.29, 0.717) is 10.9 Å². The lowest BCUT2D eigenvalue weighted by Gasteiger charge is -2.23. The molecule has 0 aromatic heterocycles. The molecule has 3 rings (SSSR count). The third-order valence-corrected chi connectivity index (χ3v) is 4.77. The summed E-state index contributed by atoms with van der Waals surface area (Å²) in [5.74, 6) is 0.0459. The van der Waals surface area contributed by atoms with Crippen molar-refractivity contribution in [3.8, 4) is 0 Å². The third kappa shape index (κ3) is 3.24. The number of halogens is 2. The zero-order chi connectivity index (χ0) is 14.8. The van der Waals surface area contributed by atoms with Crippen LogP contribution in [-0.2, 0) is 24.1 Å². The Kier molecular flexibility index (Phi) is 4.20. The van der Waals surface area contributed by atoms with Gasteiger partial charge in [-0.1, -0.05) is 30.3 Å². The Morgan fingerprint density at radius 1 is 1.19 bits per heavy atom. The Bertz CT molecular complexity index is 681. The number of hydrogen-bond acceptors (Lipinski definition) is 1. The summed E-state index contributed by atoms with van der Waals surface area (Å²) in [5, 5.41) is 0. The standard InChI is InChI=1S/C18H16BrFO/c19-16-9-12(5-8-17(16)20)10-18(21)15-7-6-13-3-1-2-4-14(13)11-15/h1-5,8-9,15H,6-7,10-11H2. The van der Waals surface area contributed by atoms with E-state index in [-0.39, 0.29) is 17.5 Å². The highest BCUT2D eigenvalue weighted by Crippen LogP contribution is 2.27. The maximum Gasteiger partial charge on any atom is 0.140 e. The second-order valence-corrected chi connectivity index (χ2v) is 6.45. The highest BCUT2D eigenvalue weighted by molar-refractivity contribution is 9.10. The topological polar surface area (TPSA) is 17.1 Å². The van der Waals surface area contributed by atoms with Gasteiger partial charge < -0.3 is 0 Å². The molecule has 0 aliphatic heterocycles. The van der Waals surface area contributed by atoms with Crippen LogP contribution in [0.1, 0.15) is 23.1 Å². The minimum Gasteiger partial charge on any atom is -0.299 e. The molecule has 0 saturated carbocycles. The van der Waals surface area contributed by atoms with Crippen LogP contribution in [0.25, 0.3) is 0 Å². The molecule has 21 heavy (non-hydrogen) atoms. The van der Waals surface area contributed by atoms with Crippen molar-refractivity contribution in [2.45, 2.75) is 25.7 Å². The van der Waals surface area contributed by atoms with E-state index in [2.05, 4.69) is 34.1 Å². The van der Waals surface area contributed by atoms with Gasteiger partial charge in [0.2, 0.25) is 0 Å². The van der Waals surface area contributed by atoms with E-state index >= 15 is 0 Å². The fourth-order valence-corrected chi connectivity index (χ4v) is 3.39. The molecule has 0 saturated heterocycles. The predicted octanol–water partition coefficient (Wildman–Crippen LogP) is 4.50. The lowest BCUT2D eigenvalue weighted by atomic mass is 9.80. The van der Waals surface area contributed by atoms with Gasteiger partial charge >= 0.3 is 0 Å². The highest BCUT2D eigenvalue weighted by atomic mass is 79.9. The molecule has 0 fully saturated rings. The van der Waals surface area contributed by atoms with Gasteiger partial charge in [0.15, 0.2) is 0 Å². The number of hydrogen-bond donors (Lipinski definition) is 0. The first-order chi connectivity index (χ1) is 10.1. The van der Waals surface area contributed by atoms with Crippen molar-refractivity contribution in [3.05, 3.63) is 69.4 Å². The first-order valence-corrected chi connectivity index (χ1v) is 7.96. The summed E-state index contributed by atoms with van der Waals surface area (Å²) < 4.78 is 13.6. The number of fused-ring (bicyclic) bond motifs is 1. The Morgan fingerprint density at radius 3 is 2.71 bits per heavy atom. The van der Waals surface area contributed by atoms with Gasteiger partial charge in [0.25, 0.3) is 0 Å². The van der Waals surface area contributed by atoms with Gasteiger partial charge in [0, 0.05) is 12.3 Å². The van der Waals surface area contributed by atoms with Gasteiger partial charge in [0.1, 0.15) is 11.6 Å². The molecule has 0 bridgehead atoms. The van der Waals surface area contributed by atoms with Crippen LogP contribution < -0.4 is 0 Å². The van der Waals surface area contributed by atoms with E-state index in [1.807, 2.05) is 6.07 Å². The first kappa shape index (κ1) is 14.5. The molecule has 0 radical (unpaired) electrons. The number of rotatable bonds is 3. The summed E-state index contributed by atoms with van der Waals surface area (Å²) >= 11 is 3.17. The van der Waals surface area contributed by atoms with Gasteiger partial charge in [-0.25, -0.2) is 4.39 Å². The molecule has 2 aromatic rings. The molecular weight excluding hydrogens is 331 g/mol. The molecule has 1 aliphatic carbocycles.